The minimum Gasteiger partial charge on any atom is -0.366 e. The van der Waals surface area contributed by atoms with Gasteiger partial charge in [-0.25, -0.2) is 0 Å². The maximum absolute atomic E-state index is 11.8. The fourth-order valence-corrected chi connectivity index (χ4v) is 1.84. The second kappa shape index (κ2) is 12.9. The standard InChI is InChI=1S/C12H25N3O2.2ClH/c1-3-5-13-6-7-14-12(16)11-10-15(4-2)8-9-17-11;;/h11,13H,3-10H2,1-2H3,(H,14,16);2*1H. The van der Waals surface area contributed by atoms with Crippen LogP contribution in [0, 0.1) is 0 Å². The second-order valence-electron chi connectivity index (χ2n) is 4.29. The van der Waals surface area contributed by atoms with Gasteiger partial charge in [-0.05, 0) is 19.5 Å². The average molecular weight is 316 g/mol. The van der Waals surface area contributed by atoms with Gasteiger partial charge in [0, 0.05) is 26.2 Å². The van der Waals surface area contributed by atoms with Crippen molar-refractivity contribution >= 4 is 30.7 Å². The highest BCUT2D eigenvalue weighted by atomic mass is 35.5. The Morgan fingerprint density at radius 2 is 2.00 bits per heavy atom. The normalized spacial score (nSPS) is 19.2. The van der Waals surface area contributed by atoms with Crippen molar-refractivity contribution in [3.05, 3.63) is 0 Å². The van der Waals surface area contributed by atoms with Gasteiger partial charge in [-0.1, -0.05) is 13.8 Å². The highest BCUT2D eigenvalue weighted by Gasteiger charge is 2.25. The molecule has 1 unspecified atom stereocenters. The first-order chi connectivity index (χ1) is 8.27. The summed E-state index contributed by atoms with van der Waals surface area (Å²) in [4.78, 5) is 14.0. The highest BCUT2D eigenvalue weighted by Crippen LogP contribution is 2.04. The molecule has 116 valence electrons. The van der Waals surface area contributed by atoms with Crippen molar-refractivity contribution in [1.29, 1.82) is 0 Å². The number of carbonyl (C=O) groups is 1. The van der Waals surface area contributed by atoms with E-state index in [0.29, 0.717) is 19.7 Å². The molecule has 0 saturated carbocycles. The molecule has 1 rings (SSSR count). The van der Waals surface area contributed by atoms with Crippen LogP contribution in [0.2, 0.25) is 0 Å². The second-order valence-corrected chi connectivity index (χ2v) is 4.29. The van der Waals surface area contributed by atoms with E-state index < -0.39 is 0 Å². The maximum atomic E-state index is 11.8. The number of likely N-dealkylation sites (N-methyl/N-ethyl adjacent to an activating group) is 1. The van der Waals surface area contributed by atoms with Gasteiger partial charge in [0.05, 0.1) is 6.61 Å². The summed E-state index contributed by atoms with van der Waals surface area (Å²) in [5.41, 5.74) is 0. The maximum Gasteiger partial charge on any atom is 0.250 e. The summed E-state index contributed by atoms with van der Waals surface area (Å²) >= 11 is 0. The van der Waals surface area contributed by atoms with E-state index in [0.717, 1.165) is 32.6 Å². The van der Waals surface area contributed by atoms with Crippen molar-refractivity contribution in [3.63, 3.8) is 0 Å². The van der Waals surface area contributed by atoms with Crippen LogP contribution in [-0.4, -0.2) is 62.8 Å². The minimum absolute atomic E-state index is 0. The predicted molar refractivity (Wildman–Crippen MR) is 82.5 cm³/mol. The lowest BCUT2D eigenvalue weighted by Gasteiger charge is -2.31. The van der Waals surface area contributed by atoms with Crippen LogP contribution in [0.5, 0.6) is 0 Å². The first-order valence-corrected chi connectivity index (χ1v) is 6.60. The van der Waals surface area contributed by atoms with Gasteiger partial charge < -0.3 is 15.4 Å². The number of nitrogens with zero attached hydrogens (tertiary/aromatic N) is 1. The summed E-state index contributed by atoms with van der Waals surface area (Å²) in [6.07, 6.45) is 0.820. The molecule has 1 aliphatic rings. The zero-order chi connectivity index (χ0) is 12.5. The molecule has 2 N–H and O–H groups in total. The molecule has 0 bridgehead atoms. The molecule has 1 fully saturated rings. The highest BCUT2D eigenvalue weighted by molar-refractivity contribution is 5.85. The molecule has 0 aliphatic carbocycles. The van der Waals surface area contributed by atoms with Crippen molar-refractivity contribution in [2.24, 2.45) is 0 Å². The summed E-state index contributed by atoms with van der Waals surface area (Å²) in [5.74, 6) is 0.0152. The number of carbonyl (C=O) groups excluding carboxylic acids is 1. The van der Waals surface area contributed by atoms with E-state index in [1.165, 1.54) is 0 Å². The molecule has 0 aromatic heterocycles. The molecular weight excluding hydrogens is 289 g/mol. The molecule has 0 aromatic rings. The molecule has 0 radical (unpaired) electrons. The summed E-state index contributed by atoms with van der Waals surface area (Å²) in [6.45, 7) is 10.00. The molecule has 1 amide bonds. The van der Waals surface area contributed by atoms with E-state index in [1.807, 2.05) is 0 Å². The van der Waals surface area contributed by atoms with Crippen LogP contribution >= 0.6 is 24.8 Å². The third kappa shape index (κ3) is 8.65. The summed E-state index contributed by atoms with van der Waals surface area (Å²) in [5, 5.41) is 6.15. The first-order valence-electron chi connectivity index (χ1n) is 6.60. The number of hydrogen-bond donors (Lipinski definition) is 2. The largest absolute Gasteiger partial charge is 0.366 e. The first kappa shape index (κ1) is 21.2. The Morgan fingerprint density at radius 1 is 1.26 bits per heavy atom. The van der Waals surface area contributed by atoms with Crippen LogP contribution in [-0.2, 0) is 9.53 Å². The van der Waals surface area contributed by atoms with Gasteiger partial charge in [0.25, 0.3) is 5.91 Å². The Hall–Kier alpha value is -0.0700. The van der Waals surface area contributed by atoms with Gasteiger partial charge in [0.2, 0.25) is 0 Å². The SMILES string of the molecule is CCCNCCNC(=O)C1CN(CC)CCO1.Cl.Cl. The van der Waals surface area contributed by atoms with Crippen LogP contribution in [0.3, 0.4) is 0 Å². The quantitative estimate of drug-likeness (QED) is 0.678. The Labute approximate surface area is 128 Å². The topological polar surface area (TPSA) is 53.6 Å². The van der Waals surface area contributed by atoms with Gasteiger partial charge in [-0.3, -0.25) is 9.69 Å². The Bertz CT molecular complexity index is 233. The van der Waals surface area contributed by atoms with E-state index in [9.17, 15) is 4.79 Å². The van der Waals surface area contributed by atoms with Crippen LogP contribution in [0.1, 0.15) is 20.3 Å². The number of rotatable bonds is 7. The number of morpholine rings is 1. The predicted octanol–water partition coefficient (Wildman–Crippen LogP) is 0.666. The number of halogens is 2. The molecular formula is C12H27Cl2N3O2. The van der Waals surface area contributed by atoms with Crippen molar-refractivity contribution in [2.75, 3.05) is 45.9 Å². The molecule has 1 saturated heterocycles. The summed E-state index contributed by atoms with van der Waals surface area (Å²) in [6, 6.07) is 0. The van der Waals surface area contributed by atoms with Gasteiger partial charge >= 0.3 is 0 Å². The third-order valence-electron chi connectivity index (χ3n) is 2.92. The Balaban J connectivity index is 0. The molecule has 0 spiro atoms. The van der Waals surface area contributed by atoms with E-state index in [1.54, 1.807) is 0 Å². The smallest absolute Gasteiger partial charge is 0.250 e. The lowest BCUT2D eigenvalue weighted by molar-refractivity contribution is -0.138. The lowest BCUT2D eigenvalue weighted by Crippen LogP contribution is -2.50. The number of nitrogens with one attached hydrogen (secondary N) is 2. The zero-order valence-corrected chi connectivity index (χ0v) is 13.4. The van der Waals surface area contributed by atoms with Crippen LogP contribution in [0.4, 0.5) is 0 Å². The molecule has 5 nitrogen and oxygen atoms in total. The fraction of sp³-hybridized carbons (Fsp3) is 0.917. The Kier molecular flexibility index (Phi) is 14.5. The van der Waals surface area contributed by atoms with E-state index >= 15 is 0 Å². The van der Waals surface area contributed by atoms with Crippen LogP contribution < -0.4 is 10.6 Å². The van der Waals surface area contributed by atoms with E-state index in [2.05, 4.69) is 29.4 Å². The van der Waals surface area contributed by atoms with E-state index in [-0.39, 0.29) is 36.8 Å². The van der Waals surface area contributed by atoms with Crippen molar-refractivity contribution < 1.29 is 9.53 Å². The fourth-order valence-electron chi connectivity index (χ4n) is 1.84. The average Bonchev–Trinajstić information content (AvgIpc) is 2.38. The zero-order valence-electron chi connectivity index (χ0n) is 11.8. The molecule has 7 heteroatoms. The lowest BCUT2D eigenvalue weighted by atomic mass is 10.2. The van der Waals surface area contributed by atoms with Crippen molar-refractivity contribution in [3.8, 4) is 0 Å². The molecule has 0 aromatic carbocycles. The van der Waals surface area contributed by atoms with Gasteiger partial charge in [0.1, 0.15) is 6.10 Å². The Morgan fingerprint density at radius 3 is 2.63 bits per heavy atom. The monoisotopic (exact) mass is 315 g/mol. The third-order valence-corrected chi connectivity index (χ3v) is 2.92. The molecule has 19 heavy (non-hydrogen) atoms. The molecule has 1 aliphatic heterocycles. The van der Waals surface area contributed by atoms with E-state index in [4.69, 9.17) is 4.74 Å². The van der Waals surface area contributed by atoms with Crippen molar-refractivity contribution in [1.82, 2.24) is 15.5 Å². The van der Waals surface area contributed by atoms with Gasteiger partial charge in [-0.15, -0.1) is 24.8 Å². The molecule has 1 heterocycles. The van der Waals surface area contributed by atoms with Crippen LogP contribution in [0.15, 0.2) is 0 Å². The number of ether oxygens (including phenoxy) is 1. The van der Waals surface area contributed by atoms with Gasteiger partial charge in [0.15, 0.2) is 0 Å². The molecule has 1 atom stereocenters. The van der Waals surface area contributed by atoms with Crippen LogP contribution in [0.25, 0.3) is 0 Å². The summed E-state index contributed by atoms with van der Waals surface area (Å²) in [7, 11) is 0. The minimum atomic E-state index is -0.296. The number of amides is 1. The van der Waals surface area contributed by atoms with Gasteiger partial charge in [-0.2, -0.15) is 0 Å². The summed E-state index contributed by atoms with van der Waals surface area (Å²) < 4.78 is 5.48. The van der Waals surface area contributed by atoms with Crippen molar-refractivity contribution in [2.45, 2.75) is 26.4 Å². The number of hydrogen-bond acceptors (Lipinski definition) is 4.